The van der Waals surface area contributed by atoms with Crippen LogP contribution in [-0.2, 0) is 22.4 Å². The van der Waals surface area contributed by atoms with Gasteiger partial charge in [0.05, 0.1) is 23.9 Å². The average Bonchev–Trinajstić information content (AvgIpc) is 3.26. The van der Waals surface area contributed by atoms with Gasteiger partial charge in [-0.25, -0.2) is 4.79 Å². The van der Waals surface area contributed by atoms with Crippen molar-refractivity contribution in [1.82, 2.24) is 0 Å². The molecule has 1 aliphatic rings. The predicted molar refractivity (Wildman–Crippen MR) is 155 cm³/mol. The van der Waals surface area contributed by atoms with Crippen molar-refractivity contribution >= 4 is 51.4 Å². The van der Waals surface area contributed by atoms with E-state index < -0.39 is 12.1 Å². The minimum absolute atomic E-state index is 0.119. The second kappa shape index (κ2) is 11.8. The molecule has 0 saturated heterocycles. The first-order chi connectivity index (χ1) is 18.5. The van der Waals surface area contributed by atoms with Crippen LogP contribution in [0.1, 0.15) is 65.3 Å². The fraction of sp³-hybridized carbons (Fsp3) is 0.367. The summed E-state index contributed by atoms with van der Waals surface area (Å²) >= 11 is 7.38. The largest absolute Gasteiger partial charge is 0.481 e. The number of hydrogen-bond acceptors (Lipinski definition) is 6. The highest BCUT2D eigenvalue weighted by Gasteiger charge is 2.34. The van der Waals surface area contributed by atoms with E-state index in [-0.39, 0.29) is 22.8 Å². The van der Waals surface area contributed by atoms with Crippen LogP contribution in [0.15, 0.2) is 48.5 Å². The molecular weight excluding hydrogens is 536 g/mol. The summed E-state index contributed by atoms with van der Waals surface area (Å²) in [4.78, 5) is 40.3. The number of amides is 2. The van der Waals surface area contributed by atoms with E-state index in [2.05, 4.69) is 31.4 Å². The average molecular weight is 569 g/mol. The Hall–Kier alpha value is -3.36. The zero-order valence-electron chi connectivity index (χ0n) is 22.7. The summed E-state index contributed by atoms with van der Waals surface area (Å²) in [7, 11) is 1.29. The van der Waals surface area contributed by atoms with Crippen molar-refractivity contribution in [2.45, 2.75) is 53.1 Å². The molecule has 2 unspecified atom stereocenters. The fourth-order valence-corrected chi connectivity index (χ4v) is 6.16. The summed E-state index contributed by atoms with van der Waals surface area (Å²) in [5.41, 5.74) is 2.08. The molecule has 1 aliphatic carbocycles. The second-order valence-corrected chi connectivity index (χ2v) is 12.2. The van der Waals surface area contributed by atoms with Gasteiger partial charge >= 0.3 is 5.97 Å². The second-order valence-electron chi connectivity index (χ2n) is 10.7. The minimum atomic E-state index is -0.816. The number of carbonyl (C=O) groups excluding carboxylic acids is 3. The first kappa shape index (κ1) is 28.6. The molecule has 2 aromatic carbocycles. The molecule has 0 bridgehead atoms. The number of carbonyl (C=O) groups is 3. The SMILES string of the molecule is COC(=O)c1ccccc1NC(=O)c1c(NC(=O)C(C)Oc2ccc(Cl)cc2)sc2c1CCC(C(C)(C)C)C2. The molecule has 2 amide bonds. The summed E-state index contributed by atoms with van der Waals surface area (Å²) in [5.74, 6) is -0.346. The number of halogens is 1. The van der Waals surface area contributed by atoms with Crippen LogP contribution in [0.3, 0.4) is 0 Å². The molecule has 1 aromatic heterocycles. The number of esters is 1. The number of anilines is 2. The van der Waals surface area contributed by atoms with Gasteiger partial charge in [0.2, 0.25) is 0 Å². The number of rotatable bonds is 7. The zero-order valence-corrected chi connectivity index (χ0v) is 24.3. The third-order valence-corrected chi connectivity index (χ3v) is 8.45. The highest BCUT2D eigenvalue weighted by atomic mass is 35.5. The first-order valence-electron chi connectivity index (χ1n) is 12.8. The predicted octanol–water partition coefficient (Wildman–Crippen LogP) is 7.00. The van der Waals surface area contributed by atoms with Crippen molar-refractivity contribution in [3.05, 3.63) is 75.1 Å². The third kappa shape index (κ3) is 6.62. The number of fused-ring (bicyclic) bond motifs is 1. The monoisotopic (exact) mass is 568 g/mol. The lowest BCUT2D eigenvalue weighted by Gasteiger charge is -2.33. The normalized spacial score (nSPS) is 15.6. The number of methoxy groups -OCH3 is 1. The smallest absolute Gasteiger partial charge is 0.339 e. The molecule has 0 aliphatic heterocycles. The maximum Gasteiger partial charge on any atom is 0.339 e. The molecule has 3 aromatic rings. The van der Waals surface area contributed by atoms with E-state index in [1.54, 1.807) is 55.5 Å². The zero-order chi connectivity index (χ0) is 28.3. The lowest BCUT2D eigenvalue weighted by atomic mass is 9.72. The third-order valence-electron chi connectivity index (χ3n) is 7.03. The first-order valence-corrected chi connectivity index (χ1v) is 14.0. The maximum absolute atomic E-state index is 13.7. The molecule has 9 heteroatoms. The van der Waals surface area contributed by atoms with E-state index in [0.29, 0.717) is 32.9 Å². The highest BCUT2D eigenvalue weighted by Crippen LogP contribution is 2.44. The van der Waals surface area contributed by atoms with Crippen LogP contribution in [-0.4, -0.2) is 31.0 Å². The van der Waals surface area contributed by atoms with Crippen LogP contribution in [0.4, 0.5) is 10.7 Å². The molecule has 39 heavy (non-hydrogen) atoms. The van der Waals surface area contributed by atoms with Gasteiger partial charge in [-0.1, -0.05) is 44.5 Å². The molecule has 0 radical (unpaired) electrons. The maximum atomic E-state index is 13.7. The lowest BCUT2D eigenvalue weighted by Crippen LogP contribution is -2.30. The van der Waals surface area contributed by atoms with Crippen molar-refractivity contribution in [3.8, 4) is 5.75 Å². The topological polar surface area (TPSA) is 93.7 Å². The van der Waals surface area contributed by atoms with Crippen LogP contribution in [0, 0.1) is 11.3 Å². The Balaban J connectivity index is 1.64. The molecule has 0 fully saturated rings. The lowest BCUT2D eigenvalue weighted by molar-refractivity contribution is -0.122. The van der Waals surface area contributed by atoms with E-state index >= 15 is 0 Å². The minimum Gasteiger partial charge on any atom is -0.481 e. The molecule has 4 rings (SSSR count). The molecule has 0 spiro atoms. The Morgan fingerprint density at radius 1 is 1.05 bits per heavy atom. The summed E-state index contributed by atoms with van der Waals surface area (Å²) < 4.78 is 10.7. The number of nitrogens with one attached hydrogen (secondary N) is 2. The van der Waals surface area contributed by atoms with Crippen LogP contribution < -0.4 is 15.4 Å². The Bertz CT molecular complexity index is 1380. The Kier molecular flexibility index (Phi) is 8.67. The molecule has 2 N–H and O–H groups in total. The van der Waals surface area contributed by atoms with E-state index in [1.165, 1.54) is 18.4 Å². The standard InChI is InChI=1S/C30H33ClN2O5S/c1-17(38-20-13-11-19(31)12-14-20)26(34)33-28-25(22-15-10-18(30(2,3)4)16-24(22)39-28)27(35)32-23-9-7-6-8-21(23)29(36)37-5/h6-9,11-14,17-18H,10,15-16H2,1-5H3,(H,32,35)(H,33,34). The molecule has 1 heterocycles. The van der Waals surface area contributed by atoms with Crippen molar-refractivity contribution in [2.24, 2.45) is 11.3 Å². The van der Waals surface area contributed by atoms with Crippen molar-refractivity contribution in [2.75, 3.05) is 17.7 Å². The Morgan fingerprint density at radius 2 is 1.74 bits per heavy atom. The van der Waals surface area contributed by atoms with Gasteiger partial charge in [0.1, 0.15) is 10.8 Å². The quantitative estimate of drug-likeness (QED) is 0.299. The Labute approximate surface area is 237 Å². The molecule has 7 nitrogen and oxygen atoms in total. The van der Waals surface area contributed by atoms with E-state index in [9.17, 15) is 14.4 Å². The molecular formula is C30H33ClN2O5S. The van der Waals surface area contributed by atoms with E-state index in [0.717, 1.165) is 29.7 Å². The van der Waals surface area contributed by atoms with Crippen LogP contribution >= 0.6 is 22.9 Å². The summed E-state index contributed by atoms with van der Waals surface area (Å²) in [5, 5.41) is 6.87. The van der Waals surface area contributed by atoms with Gasteiger partial charge in [-0.3, -0.25) is 9.59 Å². The van der Waals surface area contributed by atoms with Crippen molar-refractivity contribution in [1.29, 1.82) is 0 Å². The number of para-hydroxylation sites is 1. The molecule has 2 atom stereocenters. The number of benzene rings is 2. The summed E-state index contributed by atoms with van der Waals surface area (Å²) in [6.07, 6.45) is 1.68. The molecule has 0 saturated carbocycles. The summed E-state index contributed by atoms with van der Waals surface area (Å²) in [6.45, 7) is 8.34. The van der Waals surface area contributed by atoms with Gasteiger partial charge in [0.15, 0.2) is 6.10 Å². The van der Waals surface area contributed by atoms with E-state index in [4.69, 9.17) is 21.1 Å². The van der Waals surface area contributed by atoms with Crippen LogP contribution in [0.2, 0.25) is 5.02 Å². The summed E-state index contributed by atoms with van der Waals surface area (Å²) in [6, 6.07) is 13.5. The van der Waals surface area contributed by atoms with Gasteiger partial charge in [0.25, 0.3) is 11.8 Å². The number of thiophene rings is 1. The van der Waals surface area contributed by atoms with Gasteiger partial charge in [-0.15, -0.1) is 11.3 Å². The van der Waals surface area contributed by atoms with Crippen LogP contribution in [0.25, 0.3) is 0 Å². The van der Waals surface area contributed by atoms with E-state index in [1.807, 2.05) is 0 Å². The molecule has 206 valence electrons. The Morgan fingerprint density at radius 3 is 2.41 bits per heavy atom. The van der Waals surface area contributed by atoms with Gasteiger partial charge in [0, 0.05) is 9.90 Å². The van der Waals surface area contributed by atoms with Gasteiger partial charge < -0.3 is 20.1 Å². The van der Waals surface area contributed by atoms with Gasteiger partial charge in [-0.2, -0.15) is 0 Å². The highest BCUT2D eigenvalue weighted by molar-refractivity contribution is 7.17. The van der Waals surface area contributed by atoms with Crippen LogP contribution in [0.5, 0.6) is 5.75 Å². The van der Waals surface area contributed by atoms with Gasteiger partial charge in [-0.05, 0) is 79.5 Å². The van der Waals surface area contributed by atoms with Crippen molar-refractivity contribution in [3.63, 3.8) is 0 Å². The number of hydrogen-bond donors (Lipinski definition) is 2. The van der Waals surface area contributed by atoms with Crippen molar-refractivity contribution < 1.29 is 23.9 Å². The fourth-order valence-electron chi connectivity index (χ4n) is 4.70. The number of ether oxygens (including phenoxy) is 2.